The van der Waals surface area contributed by atoms with E-state index in [-0.39, 0.29) is 35.9 Å². The number of hydrogen-bond acceptors (Lipinski definition) is 7. The lowest BCUT2D eigenvalue weighted by Gasteiger charge is -2.04. The van der Waals surface area contributed by atoms with Crippen molar-refractivity contribution in [1.29, 1.82) is 0 Å². The molecule has 0 aliphatic rings. The Labute approximate surface area is 141 Å². The van der Waals surface area contributed by atoms with Crippen molar-refractivity contribution in [1.82, 2.24) is 24.9 Å². The van der Waals surface area contributed by atoms with Gasteiger partial charge in [-0.25, -0.2) is 0 Å². The van der Waals surface area contributed by atoms with Gasteiger partial charge in [0, 0.05) is 26.7 Å². The molecular formula is C13H17N7O5. The second-order valence-corrected chi connectivity index (χ2v) is 4.99. The number of methoxy groups -OCH3 is 1. The maximum Gasteiger partial charge on any atom is 0.350 e. The fraction of sp³-hybridized carbons (Fsp3) is 0.385. The molecule has 0 spiro atoms. The summed E-state index contributed by atoms with van der Waals surface area (Å²) in [5.41, 5.74) is 0.0858. The molecule has 12 nitrogen and oxygen atoms in total. The van der Waals surface area contributed by atoms with Crippen molar-refractivity contribution in [2.75, 3.05) is 19.5 Å². The predicted octanol–water partition coefficient (Wildman–Crippen LogP) is -0.0782. The van der Waals surface area contributed by atoms with Gasteiger partial charge in [-0.15, -0.1) is 5.10 Å². The Morgan fingerprint density at radius 1 is 1.36 bits per heavy atom. The third-order valence-electron chi connectivity index (χ3n) is 3.21. The van der Waals surface area contributed by atoms with E-state index in [4.69, 9.17) is 4.74 Å². The Hall–Kier alpha value is -3.44. The lowest BCUT2D eigenvalue weighted by atomic mass is 10.3. The van der Waals surface area contributed by atoms with Gasteiger partial charge < -0.3 is 15.4 Å². The largest absolute Gasteiger partial charge is 0.475 e. The van der Waals surface area contributed by atoms with Crippen LogP contribution >= 0.6 is 0 Å². The molecule has 2 heterocycles. The van der Waals surface area contributed by atoms with Crippen LogP contribution in [0.5, 0.6) is 5.88 Å². The quantitative estimate of drug-likeness (QED) is 0.524. The molecule has 0 aliphatic carbocycles. The number of ether oxygens (including phenoxy) is 1. The number of nitrogens with one attached hydrogen (secondary N) is 2. The van der Waals surface area contributed by atoms with Gasteiger partial charge in [0.1, 0.15) is 6.20 Å². The third-order valence-corrected chi connectivity index (χ3v) is 3.21. The first-order chi connectivity index (χ1) is 11.8. The number of nitrogens with zero attached hydrogens (tertiary/aromatic N) is 5. The molecule has 0 radical (unpaired) electrons. The predicted molar refractivity (Wildman–Crippen MR) is 85.3 cm³/mol. The van der Waals surface area contributed by atoms with Gasteiger partial charge in [0.2, 0.25) is 5.91 Å². The summed E-state index contributed by atoms with van der Waals surface area (Å²) in [4.78, 5) is 34.0. The zero-order chi connectivity index (χ0) is 18.6. The van der Waals surface area contributed by atoms with Gasteiger partial charge in [0.25, 0.3) is 5.91 Å². The minimum atomic E-state index is -0.617. The lowest BCUT2D eigenvalue weighted by molar-refractivity contribution is -0.385. The molecule has 0 bridgehead atoms. The lowest BCUT2D eigenvalue weighted by Crippen LogP contribution is -2.22. The number of aryl methyl sites for hydroxylation is 2. The summed E-state index contributed by atoms with van der Waals surface area (Å²) in [6.45, 7) is 0.103. The number of carbonyl (C=O) groups excluding carboxylic acids is 2. The molecule has 2 aromatic heterocycles. The number of nitro groups is 1. The Bertz CT molecular complexity index is 810. The van der Waals surface area contributed by atoms with Crippen LogP contribution in [0, 0.1) is 10.1 Å². The Kier molecular flexibility index (Phi) is 5.31. The van der Waals surface area contributed by atoms with E-state index in [1.165, 1.54) is 35.9 Å². The topological polar surface area (TPSA) is 146 Å². The first kappa shape index (κ1) is 17.9. The van der Waals surface area contributed by atoms with Crippen LogP contribution < -0.4 is 15.4 Å². The molecule has 0 aromatic carbocycles. The average Bonchev–Trinajstić information content (AvgIpc) is 3.15. The molecule has 2 amide bonds. The molecule has 0 atom stereocenters. The van der Waals surface area contributed by atoms with Crippen LogP contribution in [0.2, 0.25) is 0 Å². The molecule has 0 saturated carbocycles. The molecule has 2 aromatic rings. The Morgan fingerprint density at radius 3 is 2.64 bits per heavy atom. The van der Waals surface area contributed by atoms with Crippen LogP contribution in [0.3, 0.4) is 0 Å². The molecule has 0 unspecified atom stereocenters. The summed E-state index contributed by atoms with van der Waals surface area (Å²) >= 11 is 0. The van der Waals surface area contributed by atoms with Gasteiger partial charge in [-0.3, -0.25) is 29.1 Å². The molecule has 0 saturated heterocycles. The monoisotopic (exact) mass is 351 g/mol. The minimum Gasteiger partial charge on any atom is -0.475 e. The third kappa shape index (κ3) is 4.10. The highest BCUT2D eigenvalue weighted by atomic mass is 16.6. The van der Waals surface area contributed by atoms with E-state index in [1.54, 1.807) is 7.05 Å². The van der Waals surface area contributed by atoms with Crippen molar-refractivity contribution in [3.05, 3.63) is 28.2 Å². The maximum absolute atomic E-state index is 12.1. The number of rotatable bonds is 7. The highest BCUT2D eigenvalue weighted by molar-refractivity contribution is 6.02. The van der Waals surface area contributed by atoms with Gasteiger partial charge in [-0.2, -0.15) is 5.10 Å². The summed E-state index contributed by atoms with van der Waals surface area (Å²) in [5, 5.41) is 23.7. The van der Waals surface area contributed by atoms with Crippen molar-refractivity contribution in [2.45, 2.75) is 13.0 Å². The second kappa shape index (κ2) is 7.42. The first-order valence-corrected chi connectivity index (χ1v) is 7.17. The Morgan fingerprint density at radius 2 is 2.08 bits per heavy atom. The van der Waals surface area contributed by atoms with Gasteiger partial charge in [-0.05, 0) is 0 Å². The SMILES string of the molecule is CNC(=O)c1nn(C)cc1NC(=O)CCn1cc([N+](=O)[O-])c(OC)n1. The zero-order valence-corrected chi connectivity index (χ0v) is 13.8. The van der Waals surface area contributed by atoms with Crippen molar-refractivity contribution in [3.63, 3.8) is 0 Å². The summed E-state index contributed by atoms with van der Waals surface area (Å²) in [5.74, 6) is -0.946. The number of anilines is 1. The van der Waals surface area contributed by atoms with Gasteiger partial charge in [-0.1, -0.05) is 0 Å². The van der Waals surface area contributed by atoms with Crippen molar-refractivity contribution < 1.29 is 19.2 Å². The van der Waals surface area contributed by atoms with E-state index >= 15 is 0 Å². The summed E-state index contributed by atoms with van der Waals surface area (Å²) in [6.07, 6.45) is 2.68. The molecule has 0 fully saturated rings. The van der Waals surface area contributed by atoms with E-state index in [9.17, 15) is 19.7 Å². The van der Waals surface area contributed by atoms with Gasteiger partial charge >= 0.3 is 11.6 Å². The highest BCUT2D eigenvalue weighted by Crippen LogP contribution is 2.24. The van der Waals surface area contributed by atoms with Crippen LogP contribution in [-0.4, -0.2) is 50.5 Å². The van der Waals surface area contributed by atoms with E-state index in [0.29, 0.717) is 0 Å². The second-order valence-electron chi connectivity index (χ2n) is 4.99. The highest BCUT2D eigenvalue weighted by Gasteiger charge is 2.21. The molecule has 25 heavy (non-hydrogen) atoms. The number of hydrogen-bond donors (Lipinski definition) is 2. The molecule has 12 heteroatoms. The van der Waals surface area contributed by atoms with Crippen LogP contribution in [0.4, 0.5) is 11.4 Å². The normalized spacial score (nSPS) is 10.4. The zero-order valence-electron chi connectivity index (χ0n) is 13.8. The van der Waals surface area contributed by atoms with Gasteiger partial charge in [0.15, 0.2) is 5.69 Å². The summed E-state index contributed by atoms with van der Waals surface area (Å²) < 4.78 is 7.47. The fourth-order valence-electron chi connectivity index (χ4n) is 2.07. The number of amides is 2. The van der Waals surface area contributed by atoms with E-state index < -0.39 is 16.7 Å². The van der Waals surface area contributed by atoms with Crippen molar-refractivity contribution in [2.24, 2.45) is 7.05 Å². The number of carbonyl (C=O) groups is 2. The van der Waals surface area contributed by atoms with Crippen LogP contribution in [0.1, 0.15) is 16.9 Å². The van der Waals surface area contributed by atoms with Gasteiger partial charge in [0.05, 0.1) is 24.3 Å². The van der Waals surface area contributed by atoms with E-state index in [1.807, 2.05) is 0 Å². The maximum atomic E-state index is 12.1. The Balaban J connectivity index is 2.02. The molecular weight excluding hydrogens is 334 g/mol. The molecule has 134 valence electrons. The van der Waals surface area contributed by atoms with Crippen LogP contribution in [-0.2, 0) is 18.4 Å². The van der Waals surface area contributed by atoms with E-state index in [2.05, 4.69) is 20.8 Å². The first-order valence-electron chi connectivity index (χ1n) is 7.17. The molecule has 0 aliphatic heterocycles. The van der Waals surface area contributed by atoms with E-state index in [0.717, 1.165) is 0 Å². The summed E-state index contributed by atoms with van der Waals surface area (Å²) in [7, 11) is 4.35. The fourth-order valence-corrected chi connectivity index (χ4v) is 2.07. The average molecular weight is 351 g/mol. The standard InChI is InChI=1S/C13H17N7O5/c1-14-12(22)11-8(6-18(2)16-11)15-10(21)4-5-19-7-9(20(23)24)13(17-19)25-3/h6-7H,4-5H2,1-3H3,(H,14,22)(H,15,21). The molecule has 2 rings (SSSR count). The van der Waals surface area contributed by atoms with Crippen LogP contribution in [0.15, 0.2) is 12.4 Å². The van der Waals surface area contributed by atoms with Crippen molar-refractivity contribution >= 4 is 23.2 Å². The molecule has 2 N–H and O–H groups in total. The summed E-state index contributed by atoms with van der Waals surface area (Å²) in [6, 6.07) is 0. The smallest absolute Gasteiger partial charge is 0.350 e. The van der Waals surface area contributed by atoms with Crippen LogP contribution in [0.25, 0.3) is 0 Å². The minimum absolute atomic E-state index is 0.00985. The number of aromatic nitrogens is 4. The van der Waals surface area contributed by atoms with Crippen molar-refractivity contribution in [3.8, 4) is 5.88 Å².